The maximum absolute atomic E-state index is 5.81. The van der Waals surface area contributed by atoms with Crippen LogP contribution in [0.25, 0.3) is 0 Å². The normalized spacial score (nSPS) is 12.9. The Morgan fingerprint density at radius 2 is 1.88 bits per heavy atom. The van der Waals surface area contributed by atoms with Gasteiger partial charge in [0.1, 0.15) is 0 Å². The monoisotopic (exact) mass is 220 g/mol. The van der Waals surface area contributed by atoms with Gasteiger partial charge in [-0.1, -0.05) is 32.0 Å². The van der Waals surface area contributed by atoms with Crippen molar-refractivity contribution in [2.24, 2.45) is 17.6 Å². The number of hydrogen-bond donors (Lipinski definition) is 1. The topological polar surface area (TPSA) is 29.3 Å². The Balaban J connectivity index is 2.72. The fraction of sp³-hybridized carbons (Fsp3) is 0.571. The molecule has 16 heavy (non-hydrogen) atoms. The molecular weight excluding hydrogens is 196 g/mol. The minimum absolute atomic E-state index is 0.560. The van der Waals surface area contributed by atoms with Gasteiger partial charge in [0, 0.05) is 19.3 Å². The standard InChI is InChI=1S/C14H24N2/c1-11(2)13(9-15)10-16(4)14-8-6-5-7-12(14)3/h5-8,11,13H,9-10,15H2,1-4H3. The summed E-state index contributed by atoms with van der Waals surface area (Å²) in [7, 11) is 2.15. The van der Waals surface area contributed by atoms with E-state index in [2.05, 4.69) is 57.0 Å². The van der Waals surface area contributed by atoms with Gasteiger partial charge < -0.3 is 10.6 Å². The molecule has 1 aromatic carbocycles. The first-order valence-corrected chi connectivity index (χ1v) is 6.03. The summed E-state index contributed by atoms with van der Waals surface area (Å²) in [6.45, 7) is 8.41. The Hall–Kier alpha value is -1.02. The number of aryl methyl sites for hydroxylation is 1. The van der Waals surface area contributed by atoms with E-state index in [4.69, 9.17) is 5.73 Å². The first-order valence-electron chi connectivity index (χ1n) is 6.03. The van der Waals surface area contributed by atoms with Gasteiger partial charge in [-0.2, -0.15) is 0 Å². The second kappa shape index (κ2) is 5.90. The van der Waals surface area contributed by atoms with Gasteiger partial charge in [0.15, 0.2) is 0 Å². The lowest BCUT2D eigenvalue weighted by atomic mass is 9.95. The van der Waals surface area contributed by atoms with E-state index >= 15 is 0 Å². The van der Waals surface area contributed by atoms with Crippen molar-refractivity contribution in [2.45, 2.75) is 20.8 Å². The second-order valence-corrected chi connectivity index (χ2v) is 4.91. The van der Waals surface area contributed by atoms with Crippen LogP contribution in [0.1, 0.15) is 19.4 Å². The number of para-hydroxylation sites is 1. The molecule has 90 valence electrons. The zero-order valence-electron chi connectivity index (χ0n) is 10.9. The summed E-state index contributed by atoms with van der Waals surface area (Å²) >= 11 is 0. The highest BCUT2D eigenvalue weighted by Crippen LogP contribution is 2.20. The molecule has 2 heteroatoms. The third-order valence-electron chi connectivity index (χ3n) is 3.28. The fourth-order valence-corrected chi connectivity index (χ4v) is 2.00. The van der Waals surface area contributed by atoms with E-state index in [0.29, 0.717) is 11.8 Å². The third kappa shape index (κ3) is 3.24. The summed E-state index contributed by atoms with van der Waals surface area (Å²) in [5, 5.41) is 0. The molecule has 0 saturated carbocycles. The Kier molecular flexibility index (Phi) is 4.81. The van der Waals surface area contributed by atoms with E-state index in [1.165, 1.54) is 11.3 Å². The lowest BCUT2D eigenvalue weighted by molar-refractivity contribution is 0.397. The molecule has 0 aromatic heterocycles. The molecule has 0 aliphatic rings. The molecule has 0 aliphatic carbocycles. The average Bonchev–Trinajstić information content (AvgIpc) is 2.25. The van der Waals surface area contributed by atoms with Crippen molar-refractivity contribution in [1.29, 1.82) is 0 Å². The van der Waals surface area contributed by atoms with Gasteiger partial charge in [0.05, 0.1) is 0 Å². The SMILES string of the molecule is Cc1ccccc1N(C)CC(CN)C(C)C. The van der Waals surface area contributed by atoms with Crippen molar-refractivity contribution in [3.8, 4) is 0 Å². The highest BCUT2D eigenvalue weighted by Gasteiger charge is 2.14. The molecule has 0 heterocycles. The van der Waals surface area contributed by atoms with Gasteiger partial charge >= 0.3 is 0 Å². The molecule has 1 atom stereocenters. The number of anilines is 1. The Morgan fingerprint density at radius 3 is 2.38 bits per heavy atom. The van der Waals surface area contributed by atoms with Gasteiger partial charge in [0.25, 0.3) is 0 Å². The molecule has 0 spiro atoms. The molecular formula is C14H24N2. The first kappa shape index (κ1) is 13.0. The van der Waals surface area contributed by atoms with Crippen LogP contribution < -0.4 is 10.6 Å². The van der Waals surface area contributed by atoms with Crippen LogP contribution in [0.15, 0.2) is 24.3 Å². The van der Waals surface area contributed by atoms with Crippen molar-refractivity contribution < 1.29 is 0 Å². The van der Waals surface area contributed by atoms with Gasteiger partial charge in [-0.3, -0.25) is 0 Å². The van der Waals surface area contributed by atoms with Crippen molar-refractivity contribution in [3.05, 3.63) is 29.8 Å². The molecule has 1 rings (SSSR count). The molecule has 1 unspecified atom stereocenters. The minimum Gasteiger partial charge on any atom is -0.374 e. The smallest absolute Gasteiger partial charge is 0.0393 e. The maximum atomic E-state index is 5.81. The summed E-state index contributed by atoms with van der Waals surface area (Å²) in [5.74, 6) is 1.20. The average molecular weight is 220 g/mol. The van der Waals surface area contributed by atoms with Crippen molar-refractivity contribution in [2.75, 3.05) is 25.0 Å². The summed E-state index contributed by atoms with van der Waals surface area (Å²) < 4.78 is 0. The molecule has 0 aliphatic heterocycles. The van der Waals surface area contributed by atoms with Crippen LogP contribution in [0.4, 0.5) is 5.69 Å². The van der Waals surface area contributed by atoms with E-state index in [9.17, 15) is 0 Å². The fourth-order valence-electron chi connectivity index (χ4n) is 2.00. The molecule has 2 N–H and O–H groups in total. The largest absolute Gasteiger partial charge is 0.374 e. The summed E-state index contributed by atoms with van der Waals surface area (Å²) in [4.78, 5) is 2.31. The Bertz CT molecular complexity index is 320. The van der Waals surface area contributed by atoms with Crippen molar-refractivity contribution >= 4 is 5.69 Å². The van der Waals surface area contributed by atoms with E-state index in [-0.39, 0.29) is 0 Å². The van der Waals surface area contributed by atoms with Gasteiger partial charge in [-0.25, -0.2) is 0 Å². The molecule has 1 aromatic rings. The molecule has 0 bridgehead atoms. The van der Waals surface area contributed by atoms with Crippen LogP contribution in [0.3, 0.4) is 0 Å². The summed E-state index contributed by atoms with van der Waals surface area (Å²) in [6, 6.07) is 8.49. The van der Waals surface area contributed by atoms with Crippen LogP contribution in [0.2, 0.25) is 0 Å². The van der Waals surface area contributed by atoms with E-state index in [1.54, 1.807) is 0 Å². The Morgan fingerprint density at radius 1 is 1.25 bits per heavy atom. The number of nitrogens with zero attached hydrogens (tertiary/aromatic N) is 1. The van der Waals surface area contributed by atoms with Gasteiger partial charge in [-0.15, -0.1) is 0 Å². The van der Waals surface area contributed by atoms with Crippen LogP contribution in [-0.4, -0.2) is 20.1 Å². The maximum Gasteiger partial charge on any atom is 0.0393 e. The number of benzene rings is 1. The quantitative estimate of drug-likeness (QED) is 0.826. The number of hydrogen-bond acceptors (Lipinski definition) is 2. The number of nitrogens with two attached hydrogens (primary N) is 1. The highest BCUT2D eigenvalue weighted by molar-refractivity contribution is 5.52. The van der Waals surface area contributed by atoms with Crippen LogP contribution in [0, 0.1) is 18.8 Å². The van der Waals surface area contributed by atoms with Crippen molar-refractivity contribution in [3.63, 3.8) is 0 Å². The van der Waals surface area contributed by atoms with Crippen molar-refractivity contribution in [1.82, 2.24) is 0 Å². The zero-order valence-corrected chi connectivity index (χ0v) is 10.9. The van der Waals surface area contributed by atoms with E-state index in [1.807, 2.05) is 0 Å². The predicted octanol–water partition coefficient (Wildman–Crippen LogP) is 2.66. The summed E-state index contributed by atoms with van der Waals surface area (Å²) in [6.07, 6.45) is 0. The van der Waals surface area contributed by atoms with Crippen LogP contribution >= 0.6 is 0 Å². The predicted molar refractivity (Wildman–Crippen MR) is 71.8 cm³/mol. The zero-order chi connectivity index (χ0) is 12.1. The van der Waals surface area contributed by atoms with Crippen LogP contribution in [-0.2, 0) is 0 Å². The molecule has 2 nitrogen and oxygen atoms in total. The molecule has 0 amide bonds. The minimum atomic E-state index is 0.560. The van der Waals surface area contributed by atoms with E-state index in [0.717, 1.165) is 13.1 Å². The number of rotatable bonds is 5. The van der Waals surface area contributed by atoms with Crippen LogP contribution in [0.5, 0.6) is 0 Å². The molecule has 0 fully saturated rings. The Labute approximate surface area is 99.5 Å². The summed E-state index contributed by atoms with van der Waals surface area (Å²) in [5.41, 5.74) is 8.44. The molecule has 0 saturated heterocycles. The molecule has 0 radical (unpaired) electrons. The third-order valence-corrected chi connectivity index (χ3v) is 3.28. The van der Waals surface area contributed by atoms with E-state index < -0.39 is 0 Å². The lowest BCUT2D eigenvalue weighted by Crippen LogP contribution is -2.33. The second-order valence-electron chi connectivity index (χ2n) is 4.91. The lowest BCUT2D eigenvalue weighted by Gasteiger charge is -2.28. The van der Waals surface area contributed by atoms with Gasteiger partial charge in [0.2, 0.25) is 0 Å². The highest BCUT2D eigenvalue weighted by atomic mass is 15.1. The van der Waals surface area contributed by atoms with Gasteiger partial charge in [-0.05, 0) is 36.9 Å². The first-order chi connectivity index (χ1) is 7.56.